The average molecular weight is 766 g/mol. The van der Waals surface area contributed by atoms with Gasteiger partial charge in [0.05, 0.1) is 5.41 Å². The molecule has 3 aliphatic carbocycles. The summed E-state index contributed by atoms with van der Waals surface area (Å²) in [7, 11) is 0. The van der Waals surface area contributed by atoms with E-state index in [-0.39, 0.29) is 5.41 Å². The Morgan fingerprint density at radius 2 is 0.800 bits per heavy atom. The molecule has 0 amide bonds. The molecule has 0 saturated heterocycles. The highest BCUT2D eigenvalue weighted by Gasteiger charge is 2.51. The summed E-state index contributed by atoms with van der Waals surface area (Å²) in [5, 5.41) is 2.28. The summed E-state index contributed by atoms with van der Waals surface area (Å²) in [5.74, 6) is 0. The van der Waals surface area contributed by atoms with Crippen molar-refractivity contribution in [2.45, 2.75) is 24.7 Å². The van der Waals surface area contributed by atoms with E-state index < -0.39 is 5.41 Å². The van der Waals surface area contributed by atoms with E-state index in [1.807, 2.05) is 6.07 Å². The third-order valence-corrected chi connectivity index (χ3v) is 13.9. The number of fused-ring (bicyclic) bond motifs is 16. The fraction of sp³-hybridized carbons (Fsp3) is 0.0690. The maximum atomic E-state index is 6.50. The van der Waals surface area contributed by atoms with Gasteiger partial charge in [-0.05, 0) is 115 Å². The molecule has 0 unspecified atom stereocenters. The maximum Gasteiger partial charge on any atom is 0.143 e. The van der Waals surface area contributed by atoms with Gasteiger partial charge in [0.25, 0.3) is 0 Å². The standard InChI is InChI=1S/C58H39NO/c1-57(2)49-21-8-3-14-41(49)45-32-30-38(34-53(45)57)59(37-28-26-36(27-29-37)40-19-13-20-48-47-18-7-12-25-55(47)60-56(40)48)39-31-33-46-44-17-6-11-24-52(44)58(54(46)35-39)50-22-9-4-15-42(50)43-16-5-10-23-51(43)58/h3-35H,1-2H3. The van der Waals surface area contributed by atoms with E-state index in [0.717, 1.165) is 50.1 Å². The summed E-state index contributed by atoms with van der Waals surface area (Å²) < 4.78 is 6.50. The summed E-state index contributed by atoms with van der Waals surface area (Å²) in [6.45, 7) is 4.73. The second kappa shape index (κ2) is 12.1. The lowest BCUT2D eigenvalue weighted by atomic mass is 9.70. The lowest BCUT2D eigenvalue weighted by Gasteiger charge is -2.32. The van der Waals surface area contributed by atoms with E-state index in [0.29, 0.717) is 0 Å². The molecule has 0 radical (unpaired) electrons. The van der Waals surface area contributed by atoms with Crippen LogP contribution in [0.4, 0.5) is 17.1 Å². The second-order valence-corrected chi connectivity index (χ2v) is 17.2. The first-order valence-corrected chi connectivity index (χ1v) is 21.0. The van der Waals surface area contributed by atoms with Crippen molar-refractivity contribution in [2.75, 3.05) is 4.90 Å². The van der Waals surface area contributed by atoms with Crippen LogP contribution in [-0.2, 0) is 10.8 Å². The largest absolute Gasteiger partial charge is 0.455 e. The number of rotatable bonds is 4. The Bertz CT molecular complexity index is 3360. The molecule has 60 heavy (non-hydrogen) atoms. The Labute approximate surface area is 349 Å². The fourth-order valence-corrected chi connectivity index (χ4v) is 11.3. The van der Waals surface area contributed by atoms with E-state index in [4.69, 9.17) is 4.42 Å². The highest BCUT2D eigenvalue weighted by Crippen LogP contribution is 2.63. The summed E-state index contributed by atoms with van der Waals surface area (Å²) in [5.41, 5.74) is 22.8. The Balaban J connectivity index is 1.03. The second-order valence-electron chi connectivity index (χ2n) is 17.2. The van der Waals surface area contributed by atoms with E-state index in [2.05, 4.69) is 213 Å². The van der Waals surface area contributed by atoms with Crippen molar-refractivity contribution in [3.63, 3.8) is 0 Å². The molecule has 1 aromatic heterocycles. The van der Waals surface area contributed by atoms with Crippen LogP contribution < -0.4 is 4.90 Å². The molecule has 1 heterocycles. The number of nitrogens with zero attached hydrogens (tertiary/aromatic N) is 1. The molecule has 0 atom stereocenters. The van der Waals surface area contributed by atoms with Crippen LogP contribution in [0.3, 0.4) is 0 Å². The molecule has 0 fully saturated rings. The number of anilines is 3. The molecule has 0 aliphatic heterocycles. The minimum absolute atomic E-state index is 0.135. The number of hydrogen-bond acceptors (Lipinski definition) is 2. The summed E-state index contributed by atoms with van der Waals surface area (Å²) in [4.78, 5) is 2.47. The van der Waals surface area contributed by atoms with Gasteiger partial charge in [-0.3, -0.25) is 0 Å². The third kappa shape index (κ3) is 4.32. The topological polar surface area (TPSA) is 16.4 Å². The molecular weight excluding hydrogens is 727 g/mol. The first-order valence-electron chi connectivity index (χ1n) is 21.0. The van der Waals surface area contributed by atoms with Gasteiger partial charge in [-0.15, -0.1) is 0 Å². The number of furan rings is 1. The Hall–Kier alpha value is -7.42. The van der Waals surface area contributed by atoms with Crippen LogP contribution >= 0.6 is 0 Å². The molecule has 0 N–H and O–H groups in total. The van der Waals surface area contributed by atoms with Gasteiger partial charge >= 0.3 is 0 Å². The predicted octanol–water partition coefficient (Wildman–Crippen LogP) is 15.4. The van der Waals surface area contributed by atoms with Gasteiger partial charge in [0, 0.05) is 38.8 Å². The van der Waals surface area contributed by atoms with Crippen LogP contribution in [0.15, 0.2) is 205 Å². The molecule has 9 aromatic carbocycles. The molecule has 2 heteroatoms. The third-order valence-electron chi connectivity index (χ3n) is 13.9. The molecule has 10 aromatic rings. The Morgan fingerprint density at radius 1 is 0.350 bits per heavy atom. The smallest absolute Gasteiger partial charge is 0.143 e. The van der Waals surface area contributed by atoms with Crippen molar-refractivity contribution in [1.82, 2.24) is 0 Å². The molecule has 2 nitrogen and oxygen atoms in total. The predicted molar refractivity (Wildman–Crippen MR) is 248 cm³/mol. The zero-order valence-corrected chi connectivity index (χ0v) is 33.4. The van der Waals surface area contributed by atoms with E-state index in [9.17, 15) is 0 Å². The number of benzene rings is 9. The van der Waals surface area contributed by atoms with Crippen molar-refractivity contribution in [1.29, 1.82) is 0 Å². The van der Waals surface area contributed by atoms with Crippen LogP contribution in [-0.4, -0.2) is 0 Å². The Morgan fingerprint density at radius 3 is 1.43 bits per heavy atom. The molecule has 13 rings (SSSR count). The van der Waals surface area contributed by atoms with Gasteiger partial charge in [-0.25, -0.2) is 0 Å². The lowest BCUT2D eigenvalue weighted by molar-refractivity contribution is 0.660. The van der Waals surface area contributed by atoms with E-state index >= 15 is 0 Å². The van der Waals surface area contributed by atoms with Crippen molar-refractivity contribution in [3.8, 4) is 44.5 Å². The molecule has 0 saturated carbocycles. The van der Waals surface area contributed by atoms with Crippen LogP contribution in [0.5, 0.6) is 0 Å². The molecule has 1 spiro atoms. The monoisotopic (exact) mass is 765 g/mol. The van der Waals surface area contributed by atoms with Crippen LogP contribution in [0.1, 0.15) is 47.2 Å². The summed E-state index contributed by atoms with van der Waals surface area (Å²) in [6, 6.07) is 74.2. The normalized spacial score (nSPS) is 14.4. The Kier molecular flexibility index (Phi) is 6.74. The molecule has 3 aliphatic rings. The van der Waals surface area contributed by atoms with Crippen LogP contribution in [0.25, 0.3) is 66.4 Å². The minimum Gasteiger partial charge on any atom is -0.455 e. The van der Waals surface area contributed by atoms with Crippen molar-refractivity contribution in [2.24, 2.45) is 0 Å². The molecule has 0 bridgehead atoms. The maximum absolute atomic E-state index is 6.50. The highest BCUT2D eigenvalue weighted by molar-refractivity contribution is 6.09. The first-order chi connectivity index (χ1) is 29.5. The number of para-hydroxylation sites is 2. The van der Waals surface area contributed by atoms with Gasteiger partial charge in [0.2, 0.25) is 0 Å². The van der Waals surface area contributed by atoms with Gasteiger partial charge in [0.1, 0.15) is 11.2 Å². The van der Waals surface area contributed by atoms with Gasteiger partial charge in [-0.2, -0.15) is 0 Å². The van der Waals surface area contributed by atoms with Crippen molar-refractivity contribution < 1.29 is 4.42 Å². The van der Waals surface area contributed by atoms with Gasteiger partial charge in [0.15, 0.2) is 0 Å². The van der Waals surface area contributed by atoms with E-state index in [1.165, 1.54) is 66.8 Å². The average Bonchev–Trinajstić information content (AvgIpc) is 3.99. The fourth-order valence-electron chi connectivity index (χ4n) is 11.3. The lowest BCUT2D eigenvalue weighted by Crippen LogP contribution is -2.26. The zero-order valence-electron chi connectivity index (χ0n) is 33.4. The summed E-state index contributed by atoms with van der Waals surface area (Å²) >= 11 is 0. The highest BCUT2D eigenvalue weighted by atomic mass is 16.3. The minimum atomic E-state index is -0.433. The van der Waals surface area contributed by atoms with Gasteiger partial charge < -0.3 is 9.32 Å². The zero-order chi connectivity index (χ0) is 39.7. The van der Waals surface area contributed by atoms with Gasteiger partial charge in [-0.1, -0.05) is 172 Å². The SMILES string of the molecule is CC1(C)c2ccccc2-c2ccc(N(c3ccc(-c4cccc5c4oc4ccccc45)cc3)c3ccc4c(c3)C3(c5ccccc5-c5ccccc53)c3ccccc3-4)cc21. The van der Waals surface area contributed by atoms with Crippen molar-refractivity contribution in [3.05, 3.63) is 234 Å². The molecular formula is C58H39NO. The van der Waals surface area contributed by atoms with Crippen molar-refractivity contribution >= 4 is 39.0 Å². The molecule has 282 valence electrons. The summed E-state index contributed by atoms with van der Waals surface area (Å²) in [6.07, 6.45) is 0. The number of hydrogen-bond donors (Lipinski definition) is 0. The van der Waals surface area contributed by atoms with Crippen LogP contribution in [0, 0.1) is 0 Å². The first kappa shape index (κ1) is 33.5. The quantitative estimate of drug-likeness (QED) is 0.177. The van der Waals surface area contributed by atoms with E-state index in [1.54, 1.807) is 0 Å². The van der Waals surface area contributed by atoms with Crippen LogP contribution in [0.2, 0.25) is 0 Å².